The van der Waals surface area contributed by atoms with Gasteiger partial charge in [-0.05, 0) is 18.6 Å². The summed E-state index contributed by atoms with van der Waals surface area (Å²) in [6.45, 7) is 1.74. The molecule has 7 heteroatoms. The predicted molar refractivity (Wildman–Crippen MR) is 77.5 cm³/mol. The number of esters is 1. The lowest BCUT2D eigenvalue weighted by molar-refractivity contribution is 0.0596. The van der Waals surface area contributed by atoms with Crippen LogP contribution in [0.5, 0.6) is 0 Å². The summed E-state index contributed by atoms with van der Waals surface area (Å²) in [5, 5.41) is 13.0. The van der Waals surface area contributed by atoms with E-state index < -0.39 is 23.1 Å². The number of aromatic carboxylic acids is 1. The highest BCUT2D eigenvalue weighted by atomic mass is 16.5. The molecule has 22 heavy (non-hydrogen) atoms. The third kappa shape index (κ3) is 2.60. The lowest BCUT2D eigenvalue weighted by Gasteiger charge is -2.15. The smallest absolute Gasteiger partial charge is 0.360 e. The number of carbonyl (C=O) groups excluding carboxylic acids is 1. The van der Waals surface area contributed by atoms with Gasteiger partial charge in [0.1, 0.15) is 5.56 Å². The van der Waals surface area contributed by atoms with Crippen LogP contribution in [0.4, 0.5) is 0 Å². The molecular formula is C15H14N2O5. The van der Waals surface area contributed by atoms with Crippen LogP contribution in [0.3, 0.4) is 0 Å². The monoisotopic (exact) mass is 302 g/mol. The number of ether oxygens (including phenoxy) is 1. The molecule has 2 aromatic rings. The van der Waals surface area contributed by atoms with E-state index in [0.717, 1.165) is 7.11 Å². The van der Waals surface area contributed by atoms with E-state index in [-0.39, 0.29) is 5.56 Å². The maximum atomic E-state index is 12.2. The van der Waals surface area contributed by atoms with Gasteiger partial charge in [0.2, 0.25) is 11.1 Å². The minimum Gasteiger partial charge on any atom is -0.476 e. The molecule has 0 aliphatic rings. The normalized spacial score (nSPS) is 10.3. The molecule has 2 rings (SSSR count). The number of aromatic nitrogens is 2. The Balaban J connectivity index is 2.89. The van der Waals surface area contributed by atoms with Crippen LogP contribution in [0.2, 0.25) is 0 Å². The number of benzene rings is 1. The fourth-order valence-corrected chi connectivity index (χ4v) is 2.12. The number of para-hydroxylation sites is 1. The zero-order chi connectivity index (χ0) is 16.3. The van der Waals surface area contributed by atoms with Gasteiger partial charge in [0.25, 0.3) is 0 Å². The minimum absolute atomic E-state index is 0.299. The average molecular weight is 302 g/mol. The molecule has 0 saturated heterocycles. The maximum absolute atomic E-state index is 12.2. The predicted octanol–water partition coefficient (Wildman–Crippen LogP) is 1.28. The highest BCUT2D eigenvalue weighted by molar-refractivity contribution is 5.94. The Kier molecular flexibility index (Phi) is 4.36. The van der Waals surface area contributed by atoms with Gasteiger partial charge in [-0.3, -0.25) is 4.79 Å². The van der Waals surface area contributed by atoms with E-state index in [1.165, 1.54) is 4.68 Å². The molecule has 0 atom stereocenters. The number of nitrogens with zero attached hydrogens (tertiary/aromatic N) is 2. The molecule has 0 unspecified atom stereocenters. The summed E-state index contributed by atoms with van der Waals surface area (Å²) in [5.41, 5.74) is -1.12. The molecule has 0 aliphatic heterocycles. The summed E-state index contributed by atoms with van der Waals surface area (Å²) in [6.07, 6.45) is 0.307. The minimum atomic E-state index is -1.50. The number of hydrogen-bond donors (Lipinski definition) is 1. The van der Waals surface area contributed by atoms with Gasteiger partial charge in [-0.2, -0.15) is 5.10 Å². The molecular weight excluding hydrogens is 288 g/mol. The number of carbonyl (C=O) groups is 2. The van der Waals surface area contributed by atoms with E-state index >= 15 is 0 Å². The zero-order valence-corrected chi connectivity index (χ0v) is 12.1. The standard InChI is InChI=1S/C15H14N2O5/c1-3-10-11(15(21)22-2)13(18)12(14(19)20)16-17(10)9-7-5-4-6-8-9/h4-8H,3H2,1-2H3,(H,19,20). The summed E-state index contributed by atoms with van der Waals surface area (Å²) in [6, 6.07) is 8.67. The molecule has 0 aliphatic carbocycles. The van der Waals surface area contributed by atoms with E-state index in [2.05, 4.69) is 9.84 Å². The quantitative estimate of drug-likeness (QED) is 0.854. The van der Waals surface area contributed by atoms with Crippen molar-refractivity contribution in [1.82, 2.24) is 9.78 Å². The van der Waals surface area contributed by atoms with Gasteiger partial charge in [-0.15, -0.1) is 0 Å². The Morgan fingerprint density at radius 3 is 2.41 bits per heavy atom. The second-order valence-corrected chi connectivity index (χ2v) is 4.40. The number of carboxylic acids is 1. The van der Waals surface area contributed by atoms with Gasteiger partial charge >= 0.3 is 11.9 Å². The van der Waals surface area contributed by atoms with Gasteiger partial charge in [0.15, 0.2) is 0 Å². The Hall–Kier alpha value is -2.96. The van der Waals surface area contributed by atoms with Gasteiger partial charge in [0.05, 0.1) is 18.5 Å². The van der Waals surface area contributed by atoms with Crippen molar-refractivity contribution < 1.29 is 19.4 Å². The molecule has 1 aromatic heterocycles. The van der Waals surface area contributed by atoms with Gasteiger partial charge < -0.3 is 9.84 Å². The third-order valence-corrected chi connectivity index (χ3v) is 3.11. The van der Waals surface area contributed by atoms with Gasteiger partial charge in [0, 0.05) is 0 Å². The molecule has 7 nitrogen and oxygen atoms in total. The first-order valence-electron chi connectivity index (χ1n) is 6.54. The van der Waals surface area contributed by atoms with Crippen molar-refractivity contribution in [3.63, 3.8) is 0 Å². The van der Waals surface area contributed by atoms with Crippen LogP contribution in [-0.2, 0) is 11.2 Å². The highest BCUT2D eigenvalue weighted by Crippen LogP contribution is 2.14. The number of rotatable bonds is 4. The number of hydrogen-bond acceptors (Lipinski definition) is 5. The molecule has 0 fully saturated rings. The summed E-state index contributed by atoms with van der Waals surface area (Å²) in [4.78, 5) is 35.4. The van der Waals surface area contributed by atoms with Crippen LogP contribution in [0.15, 0.2) is 35.1 Å². The molecule has 114 valence electrons. The van der Waals surface area contributed by atoms with Crippen molar-refractivity contribution in [2.75, 3.05) is 7.11 Å². The Morgan fingerprint density at radius 2 is 1.91 bits per heavy atom. The summed E-state index contributed by atoms with van der Waals surface area (Å²) in [7, 11) is 1.13. The van der Waals surface area contributed by atoms with Gasteiger partial charge in [-0.1, -0.05) is 25.1 Å². The fraction of sp³-hybridized carbons (Fsp3) is 0.200. The lowest BCUT2D eigenvalue weighted by Crippen LogP contribution is -2.31. The molecule has 0 saturated carbocycles. The van der Waals surface area contributed by atoms with E-state index in [4.69, 9.17) is 5.11 Å². The van der Waals surface area contributed by atoms with E-state index in [1.807, 2.05) is 0 Å². The zero-order valence-electron chi connectivity index (χ0n) is 12.1. The fourth-order valence-electron chi connectivity index (χ4n) is 2.12. The molecule has 0 spiro atoms. The van der Waals surface area contributed by atoms with Crippen LogP contribution in [0.1, 0.15) is 33.5 Å². The van der Waals surface area contributed by atoms with Gasteiger partial charge in [-0.25, -0.2) is 14.3 Å². The molecule has 0 amide bonds. The Bertz CT molecular complexity index is 781. The largest absolute Gasteiger partial charge is 0.476 e. The number of carboxylic acid groups (broad SMARTS) is 1. The highest BCUT2D eigenvalue weighted by Gasteiger charge is 2.26. The first-order valence-corrected chi connectivity index (χ1v) is 6.54. The van der Waals surface area contributed by atoms with E-state index in [9.17, 15) is 14.4 Å². The maximum Gasteiger partial charge on any atom is 0.360 e. The second-order valence-electron chi connectivity index (χ2n) is 4.40. The first kappa shape index (κ1) is 15.4. The SMILES string of the molecule is CCc1c(C(=O)OC)c(=O)c(C(=O)O)nn1-c1ccccc1. The topological polar surface area (TPSA) is 98.5 Å². The van der Waals surface area contributed by atoms with Crippen LogP contribution in [0.25, 0.3) is 5.69 Å². The van der Waals surface area contributed by atoms with Crippen molar-refractivity contribution in [3.8, 4) is 5.69 Å². The summed E-state index contributed by atoms with van der Waals surface area (Å²) >= 11 is 0. The van der Waals surface area contributed by atoms with Crippen LogP contribution in [0, 0.1) is 0 Å². The first-order chi connectivity index (χ1) is 10.5. The van der Waals surface area contributed by atoms with Crippen LogP contribution in [-0.4, -0.2) is 33.9 Å². The van der Waals surface area contributed by atoms with Crippen molar-refractivity contribution in [3.05, 3.63) is 57.5 Å². The lowest BCUT2D eigenvalue weighted by atomic mass is 10.1. The average Bonchev–Trinajstić information content (AvgIpc) is 2.53. The summed E-state index contributed by atoms with van der Waals surface area (Å²) in [5.74, 6) is -2.38. The number of methoxy groups -OCH3 is 1. The third-order valence-electron chi connectivity index (χ3n) is 3.11. The molecule has 0 radical (unpaired) electrons. The van der Waals surface area contributed by atoms with Crippen molar-refractivity contribution in [2.24, 2.45) is 0 Å². The summed E-state index contributed by atoms with van der Waals surface area (Å²) < 4.78 is 5.90. The molecule has 1 aromatic carbocycles. The van der Waals surface area contributed by atoms with Crippen molar-refractivity contribution in [1.29, 1.82) is 0 Å². The Labute approximate surface area is 125 Å². The van der Waals surface area contributed by atoms with E-state index in [1.54, 1.807) is 37.3 Å². The van der Waals surface area contributed by atoms with Crippen LogP contribution >= 0.6 is 0 Å². The Morgan fingerprint density at radius 1 is 1.27 bits per heavy atom. The molecule has 1 N–H and O–H groups in total. The van der Waals surface area contributed by atoms with Crippen molar-refractivity contribution >= 4 is 11.9 Å². The second kappa shape index (κ2) is 6.21. The van der Waals surface area contributed by atoms with Crippen molar-refractivity contribution in [2.45, 2.75) is 13.3 Å². The molecule has 1 heterocycles. The van der Waals surface area contributed by atoms with E-state index in [0.29, 0.717) is 17.8 Å². The van der Waals surface area contributed by atoms with Crippen LogP contribution < -0.4 is 5.43 Å². The molecule has 0 bridgehead atoms.